The topological polar surface area (TPSA) is 67.6 Å². The van der Waals surface area contributed by atoms with Gasteiger partial charge in [-0.3, -0.25) is 9.69 Å². The lowest BCUT2D eigenvalue weighted by atomic mass is 9.81. The molecule has 0 saturated carbocycles. The van der Waals surface area contributed by atoms with Gasteiger partial charge in [-0.05, 0) is 13.0 Å². The van der Waals surface area contributed by atoms with E-state index in [9.17, 15) is 4.79 Å². The first-order chi connectivity index (χ1) is 12.2. The second-order valence-corrected chi connectivity index (χ2v) is 6.60. The quantitative estimate of drug-likeness (QED) is 0.832. The Bertz CT molecular complexity index is 701. The number of nitrogens with one attached hydrogen (secondary N) is 1. The first kappa shape index (κ1) is 17.6. The second-order valence-electron chi connectivity index (χ2n) is 6.60. The summed E-state index contributed by atoms with van der Waals surface area (Å²) in [4.78, 5) is 14.9. The monoisotopic (exact) mass is 343 g/mol. The Balaban J connectivity index is 1.76. The molecule has 6 heteroatoms. The number of likely N-dealkylation sites (tertiary alicyclic amines) is 1. The van der Waals surface area contributed by atoms with E-state index in [1.54, 1.807) is 14.2 Å². The maximum Gasteiger partial charge on any atom is 0.227 e. The minimum Gasteiger partial charge on any atom is -0.383 e. The highest BCUT2D eigenvalue weighted by molar-refractivity contribution is 5.83. The highest BCUT2D eigenvalue weighted by Gasteiger charge is 2.44. The molecule has 0 bridgehead atoms. The SMILES string of the molecule is CNC(=O)[C@@]1(Cc2cc(-c3ccccc3)no2)CCN(CCOC)C1. The fraction of sp³-hybridized carbons (Fsp3) is 0.474. The molecule has 1 fully saturated rings. The van der Waals surface area contributed by atoms with Crippen molar-refractivity contribution in [3.63, 3.8) is 0 Å². The van der Waals surface area contributed by atoms with E-state index in [0.29, 0.717) is 19.6 Å². The minimum absolute atomic E-state index is 0.0603. The van der Waals surface area contributed by atoms with Gasteiger partial charge in [-0.15, -0.1) is 0 Å². The van der Waals surface area contributed by atoms with Gasteiger partial charge in [-0.2, -0.15) is 0 Å². The van der Waals surface area contributed by atoms with Crippen molar-refractivity contribution in [1.29, 1.82) is 0 Å². The fourth-order valence-corrected chi connectivity index (χ4v) is 3.52. The van der Waals surface area contributed by atoms with E-state index in [1.165, 1.54) is 0 Å². The number of rotatable bonds is 7. The van der Waals surface area contributed by atoms with Crippen LogP contribution in [0.25, 0.3) is 11.3 Å². The zero-order valence-corrected chi connectivity index (χ0v) is 14.8. The largest absolute Gasteiger partial charge is 0.383 e. The van der Waals surface area contributed by atoms with Gasteiger partial charge in [-0.25, -0.2) is 0 Å². The summed E-state index contributed by atoms with van der Waals surface area (Å²) >= 11 is 0. The molecule has 2 aromatic rings. The van der Waals surface area contributed by atoms with Crippen LogP contribution in [-0.2, 0) is 16.0 Å². The van der Waals surface area contributed by atoms with Crippen LogP contribution < -0.4 is 5.32 Å². The van der Waals surface area contributed by atoms with Crippen molar-refractivity contribution in [1.82, 2.24) is 15.4 Å². The van der Waals surface area contributed by atoms with Crippen molar-refractivity contribution in [2.45, 2.75) is 12.8 Å². The lowest BCUT2D eigenvalue weighted by Gasteiger charge is -2.26. The molecule has 1 aromatic carbocycles. The van der Waals surface area contributed by atoms with Crippen molar-refractivity contribution in [2.75, 3.05) is 40.4 Å². The number of carbonyl (C=O) groups is 1. The number of benzene rings is 1. The van der Waals surface area contributed by atoms with Crippen LogP contribution in [0.5, 0.6) is 0 Å². The van der Waals surface area contributed by atoms with Crippen molar-refractivity contribution in [3.05, 3.63) is 42.2 Å². The predicted octanol–water partition coefficient (Wildman–Crippen LogP) is 1.97. The van der Waals surface area contributed by atoms with Crippen molar-refractivity contribution in [2.24, 2.45) is 5.41 Å². The molecule has 1 aliphatic heterocycles. The van der Waals surface area contributed by atoms with Gasteiger partial charge in [0, 0.05) is 45.3 Å². The van der Waals surface area contributed by atoms with E-state index >= 15 is 0 Å². The average Bonchev–Trinajstić information content (AvgIpc) is 3.28. The van der Waals surface area contributed by atoms with Crippen LogP contribution in [0.1, 0.15) is 12.2 Å². The Labute approximate surface area is 148 Å². The van der Waals surface area contributed by atoms with Crippen LogP contribution in [0, 0.1) is 5.41 Å². The molecular weight excluding hydrogens is 318 g/mol. The van der Waals surface area contributed by atoms with Crippen LogP contribution in [-0.4, -0.2) is 56.4 Å². The van der Waals surface area contributed by atoms with E-state index in [2.05, 4.69) is 15.4 Å². The Kier molecular flexibility index (Phi) is 5.50. The molecule has 1 N–H and O–H groups in total. The minimum atomic E-state index is -0.476. The van der Waals surface area contributed by atoms with Gasteiger partial charge in [-0.1, -0.05) is 35.5 Å². The third-order valence-corrected chi connectivity index (χ3v) is 4.89. The molecule has 1 aliphatic rings. The molecule has 0 aliphatic carbocycles. The molecule has 1 aromatic heterocycles. The van der Waals surface area contributed by atoms with E-state index in [4.69, 9.17) is 9.26 Å². The van der Waals surface area contributed by atoms with Gasteiger partial charge in [0.05, 0.1) is 12.0 Å². The maximum atomic E-state index is 12.6. The number of methoxy groups -OCH3 is 1. The lowest BCUT2D eigenvalue weighted by molar-refractivity contribution is -0.130. The number of hydrogen-bond donors (Lipinski definition) is 1. The third kappa shape index (κ3) is 3.91. The Morgan fingerprint density at radius 1 is 1.40 bits per heavy atom. The highest BCUT2D eigenvalue weighted by Crippen LogP contribution is 2.35. The van der Waals surface area contributed by atoms with Crippen LogP contribution in [0.15, 0.2) is 40.9 Å². The fourth-order valence-electron chi connectivity index (χ4n) is 3.52. The summed E-state index contributed by atoms with van der Waals surface area (Å²) in [7, 11) is 3.39. The van der Waals surface area contributed by atoms with Crippen molar-refractivity contribution < 1.29 is 14.1 Å². The molecule has 0 unspecified atom stereocenters. The lowest BCUT2D eigenvalue weighted by Crippen LogP contribution is -2.43. The van der Waals surface area contributed by atoms with Gasteiger partial charge in [0.1, 0.15) is 11.5 Å². The van der Waals surface area contributed by atoms with E-state index in [-0.39, 0.29) is 5.91 Å². The first-order valence-corrected chi connectivity index (χ1v) is 8.61. The third-order valence-electron chi connectivity index (χ3n) is 4.89. The summed E-state index contributed by atoms with van der Waals surface area (Å²) in [6.45, 7) is 3.10. The smallest absolute Gasteiger partial charge is 0.227 e. The molecule has 0 spiro atoms. The molecule has 6 nitrogen and oxygen atoms in total. The van der Waals surface area contributed by atoms with Crippen LogP contribution in [0.2, 0.25) is 0 Å². The van der Waals surface area contributed by atoms with Gasteiger partial charge >= 0.3 is 0 Å². The van der Waals surface area contributed by atoms with Crippen LogP contribution in [0.3, 0.4) is 0 Å². The average molecular weight is 343 g/mol. The maximum absolute atomic E-state index is 12.6. The summed E-state index contributed by atoms with van der Waals surface area (Å²) < 4.78 is 10.7. The first-order valence-electron chi connectivity index (χ1n) is 8.61. The summed E-state index contributed by atoms with van der Waals surface area (Å²) in [5.74, 6) is 0.807. The van der Waals surface area contributed by atoms with Gasteiger partial charge in [0.2, 0.25) is 5.91 Å². The molecule has 3 rings (SSSR count). The van der Waals surface area contributed by atoms with Crippen molar-refractivity contribution in [3.8, 4) is 11.3 Å². The second kappa shape index (κ2) is 7.80. The van der Waals surface area contributed by atoms with E-state index < -0.39 is 5.41 Å². The zero-order valence-electron chi connectivity index (χ0n) is 14.8. The van der Waals surface area contributed by atoms with Gasteiger partial charge in [0.15, 0.2) is 0 Å². The molecule has 25 heavy (non-hydrogen) atoms. The van der Waals surface area contributed by atoms with Crippen molar-refractivity contribution >= 4 is 5.91 Å². The molecule has 1 atom stereocenters. The van der Waals surface area contributed by atoms with Gasteiger partial charge < -0.3 is 14.6 Å². The Morgan fingerprint density at radius 3 is 2.92 bits per heavy atom. The predicted molar refractivity (Wildman–Crippen MR) is 95.1 cm³/mol. The summed E-state index contributed by atoms with van der Waals surface area (Å²) in [6.07, 6.45) is 1.35. The Hall–Kier alpha value is -2.18. The molecule has 1 amide bonds. The number of nitrogens with zero attached hydrogens (tertiary/aromatic N) is 2. The van der Waals surface area contributed by atoms with E-state index in [0.717, 1.165) is 36.5 Å². The summed E-state index contributed by atoms with van der Waals surface area (Å²) in [5.41, 5.74) is 1.34. The summed E-state index contributed by atoms with van der Waals surface area (Å²) in [5, 5.41) is 7.00. The van der Waals surface area contributed by atoms with Crippen LogP contribution >= 0.6 is 0 Å². The molecule has 1 saturated heterocycles. The van der Waals surface area contributed by atoms with Gasteiger partial charge in [0.25, 0.3) is 0 Å². The number of amides is 1. The zero-order chi connectivity index (χ0) is 17.7. The molecule has 2 heterocycles. The number of aromatic nitrogens is 1. The Morgan fingerprint density at radius 2 is 2.20 bits per heavy atom. The van der Waals surface area contributed by atoms with Crippen LogP contribution in [0.4, 0.5) is 0 Å². The summed E-state index contributed by atoms with van der Waals surface area (Å²) in [6, 6.07) is 11.9. The molecule has 134 valence electrons. The standard InChI is InChI=1S/C19H25N3O3/c1-20-18(23)19(8-9-22(14-19)10-11-24-2)13-16-12-17(21-25-16)15-6-4-3-5-7-15/h3-7,12H,8-11,13-14H2,1-2H3,(H,20,23)/t19-/m1/s1. The molecular formula is C19H25N3O3. The van der Waals surface area contributed by atoms with E-state index in [1.807, 2.05) is 36.4 Å². The highest BCUT2D eigenvalue weighted by atomic mass is 16.5. The normalized spacial score (nSPS) is 20.7. The number of hydrogen-bond acceptors (Lipinski definition) is 5. The molecule has 0 radical (unpaired) electrons. The number of carbonyl (C=O) groups excluding carboxylic acids is 1. The number of ether oxygens (including phenoxy) is 1.